The first-order valence-corrected chi connectivity index (χ1v) is 9.39. The molecule has 0 unspecified atom stereocenters. The Morgan fingerprint density at radius 1 is 1.19 bits per heavy atom. The van der Waals surface area contributed by atoms with Gasteiger partial charge in [0.15, 0.2) is 5.11 Å². The van der Waals surface area contributed by atoms with Crippen molar-refractivity contribution in [3.63, 3.8) is 0 Å². The summed E-state index contributed by atoms with van der Waals surface area (Å²) in [7, 11) is 0. The molecule has 4 nitrogen and oxygen atoms in total. The van der Waals surface area contributed by atoms with Crippen molar-refractivity contribution >= 4 is 34.6 Å². The summed E-state index contributed by atoms with van der Waals surface area (Å²) in [6, 6.07) is 14.8. The average molecular weight is 395 g/mol. The summed E-state index contributed by atoms with van der Waals surface area (Å²) in [5, 5.41) is 7.01. The maximum atomic E-state index is 13.3. The van der Waals surface area contributed by atoms with E-state index < -0.39 is 5.82 Å². The van der Waals surface area contributed by atoms with Gasteiger partial charge in [-0.15, -0.1) is 0 Å². The van der Waals surface area contributed by atoms with E-state index in [2.05, 4.69) is 22.8 Å². The Kier molecular flexibility index (Phi) is 6.80. The van der Waals surface area contributed by atoms with Crippen LogP contribution in [0.15, 0.2) is 48.5 Å². The average Bonchev–Trinajstić information content (AvgIpc) is 2.66. The monoisotopic (exact) mass is 394 g/mol. The summed E-state index contributed by atoms with van der Waals surface area (Å²) in [6.45, 7) is 4.44. The molecule has 2 aromatic carbocycles. The molecular formula is C19H22ClFN3OS+. The summed E-state index contributed by atoms with van der Waals surface area (Å²) in [5.74, 6) is -0.450. The number of thiocarbonyl (C=S) groups is 1. The number of rotatable bonds is 5. The predicted octanol–water partition coefficient (Wildman–Crippen LogP) is 2.42. The van der Waals surface area contributed by atoms with Gasteiger partial charge >= 0.3 is 0 Å². The van der Waals surface area contributed by atoms with Gasteiger partial charge in [0.2, 0.25) is 0 Å². The van der Waals surface area contributed by atoms with Crippen LogP contribution in [0.5, 0.6) is 0 Å². The molecule has 1 aliphatic rings. The van der Waals surface area contributed by atoms with Gasteiger partial charge in [-0.05, 0) is 36.0 Å². The third-order valence-electron chi connectivity index (χ3n) is 4.38. The molecule has 0 spiro atoms. The van der Waals surface area contributed by atoms with Gasteiger partial charge < -0.3 is 20.3 Å². The normalized spacial score (nSPS) is 16.1. The molecule has 3 N–H and O–H groups in total. The van der Waals surface area contributed by atoms with Crippen molar-refractivity contribution in [2.75, 3.05) is 38.2 Å². The van der Waals surface area contributed by atoms with Crippen molar-refractivity contribution in [3.05, 3.63) is 64.9 Å². The highest BCUT2D eigenvalue weighted by molar-refractivity contribution is 7.80. The molecule has 1 saturated heterocycles. The number of anilines is 1. The Morgan fingerprint density at radius 3 is 2.62 bits per heavy atom. The van der Waals surface area contributed by atoms with Crippen LogP contribution in [0, 0.1) is 5.82 Å². The lowest BCUT2D eigenvalue weighted by Crippen LogP contribution is -3.14. The molecule has 0 radical (unpaired) electrons. The topological polar surface area (TPSA) is 37.7 Å². The van der Waals surface area contributed by atoms with Gasteiger partial charge in [0.05, 0.1) is 18.2 Å². The number of halogens is 2. The number of ether oxygens (including phenoxy) is 1. The third-order valence-corrected chi connectivity index (χ3v) is 4.89. The van der Waals surface area contributed by atoms with Crippen LogP contribution in [-0.4, -0.2) is 38.0 Å². The Hall–Kier alpha value is -1.73. The highest BCUT2D eigenvalue weighted by Gasteiger charge is 2.22. The fraction of sp³-hybridized carbons (Fsp3) is 0.316. The minimum Gasteiger partial charge on any atom is -0.370 e. The summed E-state index contributed by atoms with van der Waals surface area (Å²) >= 11 is 11.3. The lowest BCUT2D eigenvalue weighted by atomic mass is 10.1. The smallest absolute Gasteiger partial charge is 0.171 e. The fourth-order valence-corrected chi connectivity index (χ4v) is 3.43. The minimum absolute atomic E-state index is 0.0650. The lowest BCUT2D eigenvalue weighted by molar-refractivity contribution is -0.909. The van der Waals surface area contributed by atoms with Crippen LogP contribution in [0.25, 0.3) is 0 Å². The second kappa shape index (κ2) is 9.28. The molecule has 1 atom stereocenters. The standard InChI is InChI=1S/C19H21ClFN3OS/c20-16-12-15(6-7-17(16)21)22-19(26)23-18(14-4-2-1-3-5-14)13-24-8-10-25-11-9-24/h1-7,12,18H,8-11,13H2,(H2,22,23,26)/p+1/t18-/m0/s1. The molecule has 138 valence electrons. The predicted molar refractivity (Wildman–Crippen MR) is 106 cm³/mol. The van der Waals surface area contributed by atoms with Crippen LogP contribution >= 0.6 is 23.8 Å². The number of morpholine rings is 1. The summed E-state index contributed by atoms with van der Waals surface area (Å²) in [5.41, 5.74) is 1.83. The van der Waals surface area contributed by atoms with Gasteiger partial charge in [-0.2, -0.15) is 0 Å². The first-order chi connectivity index (χ1) is 12.6. The van der Waals surface area contributed by atoms with Crippen LogP contribution in [0.1, 0.15) is 11.6 Å². The maximum Gasteiger partial charge on any atom is 0.171 e. The van der Waals surface area contributed by atoms with Crippen molar-refractivity contribution in [2.45, 2.75) is 6.04 Å². The molecule has 26 heavy (non-hydrogen) atoms. The Balaban J connectivity index is 1.67. The van der Waals surface area contributed by atoms with E-state index in [0.29, 0.717) is 10.8 Å². The third kappa shape index (κ3) is 5.38. The molecule has 1 aliphatic heterocycles. The second-order valence-electron chi connectivity index (χ2n) is 6.26. The first-order valence-electron chi connectivity index (χ1n) is 8.60. The van der Waals surface area contributed by atoms with Gasteiger partial charge in [-0.3, -0.25) is 0 Å². The van der Waals surface area contributed by atoms with E-state index in [0.717, 1.165) is 32.8 Å². The van der Waals surface area contributed by atoms with Gasteiger partial charge in [-0.25, -0.2) is 4.39 Å². The summed E-state index contributed by atoms with van der Waals surface area (Å²) in [4.78, 5) is 1.48. The highest BCUT2D eigenvalue weighted by Crippen LogP contribution is 2.19. The van der Waals surface area contributed by atoms with Crippen molar-refractivity contribution in [1.29, 1.82) is 0 Å². The Labute approximate surface area is 163 Å². The SMILES string of the molecule is Fc1ccc(NC(=S)N[C@@H](C[NH+]2CCOCC2)c2ccccc2)cc1Cl. The van der Waals surface area contributed by atoms with Crippen molar-refractivity contribution in [3.8, 4) is 0 Å². The lowest BCUT2D eigenvalue weighted by Gasteiger charge is -2.29. The van der Waals surface area contributed by atoms with E-state index in [-0.39, 0.29) is 11.1 Å². The molecule has 0 aliphatic carbocycles. The fourth-order valence-electron chi connectivity index (χ4n) is 2.99. The zero-order chi connectivity index (χ0) is 18.4. The van der Waals surface area contributed by atoms with Crippen LogP contribution in [0.2, 0.25) is 5.02 Å². The Morgan fingerprint density at radius 2 is 1.92 bits per heavy atom. The number of nitrogens with one attached hydrogen (secondary N) is 3. The second-order valence-corrected chi connectivity index (χ2v) is 7.07. The van der Waals surface area contributed by atoms with Gasteiger partial charge in [0.25, 0.3) is 0 Å². The van der Waals surface area contributed by atoms with Crippen molar-refractivity contribution in [2.24, 2.45) is 0 Å². The zero-order valence-corrected chi connectivity index (χ0v) is 15.9. The van der Waals surface area contributed by atoms with E-state index in [4.69, 9.17) is 28.6 Å². The molecular weight excluding hydrogens is 373 g/mol. The highest BCUT2D eigenvalue weighted by atomic mass is 35.5. The van der Waals surface area contributed by atoms with E-state index in [1.807, 2.05) is 18.2 Å². The van der Waals surface area contributed by atoms with Gasteiger partial charge in [0.1, 0.15) is 31.5 Å². The molecule has 7 heteroatoms. The van der Waals surface area contributed by atoms with E-state index >= 15 is 0 Å². The molecule has 1 fully saturated rings. The van der Waals surface area contributed by atoms with E-state index in [1.165, 1.54) is 22.6 Å². The number of benzene rings is 2. The van der Waals surface area contributed by atoms with Gasteiger partial charge in [0, 0.05) is 5.69 Å². The van der Waals surface area contributed by atoms with Crippen LogP contribution in [-0.2, 0) is 4.74 Å². The largest absolute Gasteiger partial charge is 0.370 e. The number of quaternary nitrogens is 1. The molecule has 1 heterocycles. The number of hydrogen-bond donors (Lipinski definition) is 3. The Bertz CT molecular complexity index is 741. The van der Waals surface area contributed by atoms with Crippen LogP contribution < -0.4 is 15.5 Å². The quantitative estimate of drug-likeness (QED) is 0.681. The van der Waals surface area contributed by atoms with Crippen LogP contribution in [0.3, 0.4) is 0 Å². The van der Waals surface area contributed by atoms with Crippen molar-refractivity contribution < 1.29 is 14.0 Å². The number of hydrogen-bond acceptors (Lipinski definition) is 2. The first kappa shape index (κ1) is 19.0. The van der Waals surface area contributed by atoms with Gasteiger partial charge in [-0.1, -0.05) is 41.9 Å². The maximum absolute atomic E-state index is 13.3. The van der Waals surface area contributed by atoms with E-state index in [1.54, 1.807) is 6.07 Å². The van der Waals surface area contributed by atoms with Crippen LogP contribution in [0.4, 0.5) is 10.1 Å². The summed E-state index contributed by atoms with van der Waals surface area (Å²) < 4.78 is 18.8. The van der Waals surface area contributed by atoms with E-state index in [9.17, 15) is 4.39 Å². The molecule has 3 rings (SSSR count). The molecule has 2 aromatic rings. The molecule has 0 saturated carbocycles. The summed E-state index contributed by atoms with van der Waals surface area (Å²) in [6.07, 6.45) is 0. The molecule has 0 aromatic heterocycles. The minimum atomic E-state index is -0.450. The van der Waals surface area contributed by atoms with Crippen molar-refractivity contribution in [1.82, 2.24) is 5.32 Å². The zero-order valence-electron chi connectivity index (χ0n) is 14.3. The molecule has 0 bridgehead atoms. The molecule has 0 amide bonds.